The molecular formula is C19H19ClN2O. The number of hydrogen-bond acceptors (Lipinski definition) is 1. The number of carbonyl (C=O) groups excluding carboxylic acids is 1. The number of likely N-dealkylation sites (N-methyl/N-ethyl adjacent to an activating group) is 1. The first-order valence-corrected chi connectivity index (χ1v) is 7.89. The monoisotopic (exact) mass is 326 g/mol. The van der Waals surface area contributed by atoms with Gasteiger partial charge in [0.25, 0.3) is 0 Å². The van der Waals surface area contributed by atoms with Crippen LogP contribution in [0.2, 0.25) is 5.02 Å². The van der Waals surface area contributed by atoms with E-state index in [-0.39, 0.29) is 5.91 Å². The lowest BCUT2D eigenvalue weighted by molar-refractivity contribution is -0.122. The second kappa shape index (κ2) is 5.74. The lowest BCUT2D eigenvalue weighted by Gasteiger charge is -2.29. The average molecular weight is 327 g/mol. The van der Waals surface area contributed by atoms with E-state index in [0.717, 1.165) is 22.2 Å². The molecule has 3 nitrogen and oxygen atoms in total. The Hall–Kier alpha value is -2.26. The van der Waals surface area contributed by atoms with Crippen molar-refractivity contribution in [2.75, 3.05) is 11.9 Å². The summed E-state index contributed by atoms with van der Waals surface area (Å²) >= 11 is 6.13. The summed E-state index contributed by atoms with van der Waals surface area (Å²) in [5.41, 5.74) is 2.13. The molecule has 23 heavy (non-hydrogen) atoms. The zero-order chi connectivity index (χ0) is 16.6. The topological polar surface area (TPSA) is 36.1 Å². The summed E-state index contributed by atoms with van der Waals surface area (Å²) in [5.74, 6) is 0.0320. The van der Waals surface area contributed by atoms with Crippen LogP contribution in [0.15, 0.2) is 54.7 Å². The van der Waals surface area contributed by atoms with Crippen LogP contribution in [0.4, 0.5) is 5.69 Å². The maximum absolute atomic E-state index is 13.1. The van der Waals surface area contributed by atoms with Crippen LogP contribution in [0.25, 0.3) is 10.9 Å². The predicted molar refractivity (Wildman–Crippen MR) is 96.2 cm³/mol. The van der Waals surface area contributed by atoms with Crippen LogP contribution in [-0.2, 0) is 10.2 Å². The number of aromatic nitrogens is 1. The van der Waals surface area contributed by atoms with Crippen LogP contribution in [0.1, 0.15) is 19.4 Å². The lowest BCUT2D eigenvalue weighted by Crippen LogP contribution is -2.41. The minimum absolute atomic E-state index is 0.0320. The molecule has 1 N–H and O–H groups in total. The molecule has 4 heteroatoms. The second-order valence-electron chi connectivity index (χ2n) is 6.22. The van der Waals surface area contributed by atoms with E-state index in [1.165, 1.54) is 0 Å². The van der Waals surface area contributed by atoms with Gasteiger partial charge in [0.2, 0.25) is 5.91 Å². The summed E-state index contributed by atoms with van der Waals surface area (Å²) in [5, 5.41) is 1.65. The van der Waals surface area contributed by atoms with Crippen LogP contribution in [0.3, 0.4) is 0 Å². The molecule has 3 aromatic rings. The van der Waals surface area contributed by atoms with E-state index >= 15 is 0 Å². The summed E-state index contributed by atoms with van der Waals surface area (Å²) < 4.78 is 0. The third-order valence-corrected chi connectivity index (χ3v) is 4.54. The molecule has 2 aromatic carbocycles. The van der Waals surface area contributed by atoms with E-state index < -0.39 is 5.41 Å². The molecular weight excluding hydrogens is 308 g/mol. The van der Waals surface area contributed by atoms with Gasteiger partial charge < -0.3 is 9.88 Å². The number of anilines is 1. The van der Waals surface area contributed by atoms with Crippen molar-refractivity contribution in [3.05, 3.63) is 65.3 Å². The van der Waals surface area contributed by atoms with E-state index in [0.29, 0.717) is 5.02 Å². The lowest BCUT2D eigenvalue weighted by atomic mass is 9.83. The number of para-hydroxylation sites is 1. The van der Waals surface area contributed by atoms with Crippen LogP contribution in [0.5, 0.6) is 0 Å². The summed E-state index contributed by atoms with van der Waals surface area (Å²) in [4.78, 5) is 18.0. The van der Waals surface area contributed by atoms with Crippen molar-refractivity contribution in [1.82, 2.24) is 4.98 Å². The number of nitrogens with zero attached hydrogens (tertiary/aromatic N) is 1. The van der Waals surface area contributed by atoms with Gasteiger partial charge in [-0.15, -0.1) is 0 Å². The van der Waals surface area contributed by atoms with Gasteiger partial charge in [-0.1, -0.05) is 29.8 Å². The minimum atomic E-state index is -0.673. The summed E-state index contributed by atoms with van der Waals surface area (Å²) in [6, 6.07) is 15.3. The van der Waals surface area contributed by atoms with Crippen LogP contribution >= 0.6 is 11.6 Å². The molecule has 0 spiro atoms. The molecule has 3 rings (SSSR count). The van der Waals surface area contributed by atoms with Crippen LogP contribution < -0.4 is 4.90 Å². The highest BCUT2D eigenvalue weighted by Crippen LogP contribution is 2.34. The van der Waals surface area contributed by atoms with Crippen molar-refractivity contribution in [2.45, 2.75) is 19.3 Å². The van der Waals surface area contributed by atoms with Crippen LogP contribution in [0, 0.1) is 0 Å². The smallest absolute Gasteiger partial charge is 0.236 e. The Morgan fingerprint density at radius 1 is 1.13 bits per heavy atom. The Morgan fingerprint density at radius 3 is 2.52 bits per heavy atom. The van der Waals surface area contributed by atoms with Gasteiger partial charge >= 0.3 is 0 Å². The summed E-state index contributed by atoms with van der Waals surface area (Å²) in [7, 11) is 1.81. The fourth-order valence-electron chi connectivity index (χ4n) is 2.91. The van der Waals surface area contributed by atoms with E-state index in [1.807, 2.05) is 68.6 Å². The Kier molecular flexibility index (Phi) is 3.90. The number of fused-ring (bicyclic) bond motifs is 1. The predicted octanol–water partition coefficient (Wildman–Crippen LogP) is 4.76. The van der Waals surface area contributed by atoms with E-state index in [9.17, 15) is 4.79 Å². The molecule has 0 bridgehead atoms. The van der Waals surface area contributed by atoms with Crippen molar-refractivity contribution >= 4 is 34.1 Å². The number of nitrogens with one attached hydrogen (secondary N) is 1. The maximum atomic E-state index is 13.1. The van der Waals surface area contributed by atoms with Crippen molar-refractivity contribution in [1.29, 1.82) is 0 Å². The van der Waals surface area contributed by atoms with E-state index in [1.54, 1.807) is 11.9 Å². The number of hydrogen-bond donors (Lipinski definition) is 1. The zero-order valence-electron chi connectivity index (χ0n) is 13.4. The average Bonchev–Trinajstić information content (AvgIpc) is 2.98. The first-order chi connectivity index (χ1) is 10.9. The fraction of sp³-hybridized carbons (Fsp3) is 0.211. The van der Waals surface area contributed by atoms with E-state index in [4.69, 9.17) is 11.6 Å². The highest BCUT2D eigenvalue weighted by molar-refractivity contribution is 6.31. The maximum Gasteiger partial charge on any atom is 0.236 e. The molecule has 0 aliphatic rings. The highest BCUT2D eigenvalue weighted by atomic mass is 35.5. The molecule has 0 radical (unpaired) electrons. The Labute approximate surface area is 140 Å². The molecule has 1 aromatic heterocycles. The Balaban J connectivity index is 2.02. The molecule has 0 saturated heterocycles. The minimum Gasteiger partial charge on any atom is -0.361 e. The number of aromatic amines is 1. The van der Waals surface area contributed by atoms with Gasteiger partial charge in [-0.05, 0) is 49.7 Å². The van der Waals surface area contributed by atoms with E-state index in [2.05, 4.69) is 4.98 Å². The zero-order valence-corrected chi connectivity index (χ0v) is 14.2. The van der Waals surface area contributed by atoms with Crippen molar-refractivity contribution < 1.29 is 4.79 Å². The SMILES string of the molecule is CN(C(=O)C(C)(C)c1c[nH]c2ccc(Cl)cc12)c1ccccc1. The highest BCUT2D eigenvalue weighted by Gasteiger charge is 2.35. The molecule has 0 unspecified atom stereocenters. The van der Waals surface area contributed by atoms with Gasteiger partial charge in [0, 0.05) is 34.9 Å². The number of amides is 1. The second-order valence-corrected chi connectivity index (χ2v) is 6.65. The number of halogens is 1. The molecule has 0 aliphatic heterocycles. The fourth-order valence-corrected chi connectivity index (χ4v) is 3.09. The molecule has 1 heterocycles. The number of benzene rings is 2. The van der Waals surface area contributed by atoms with Gasteiger partial charge in [-0.2, -0.15) is 0 Å². The Bertz CT molecular complexity index is 852. The molecule has 0 aliphatic carbocycles. The summed E-state index contributed by atoms with van der Waals surface area (Å²) in [6.07, 6.45) is 1.90. The third-order valence-electron chi connectivity index (χ3n) is 4.30. The third kappa shape index (κ3) is 2.73. The van der Waals surface area contributed by atoms with Crippen molar-refractivity contribution in [2.24, 2.45) is 0 Å². The van der Waals surface area contributed by atoms with Gasteiger partial charge in [-0.25, -0.2) is 0 Å². The number of rotatable bonds is 3. The molecule has 118 valence electrons. The number of H-pyrrole nitrogens is 1. The molecule has 0 saturated carbocycles. The Morgan fingerprint density at radius 2 is 1.83 bits per heavy atom. The van der Waals surface area contributed by atoms with Gasteiger partial charge in [-0.3, -0.25) is 4.79 Å². The number of carbonyl (C=O) groups is 1. The molecule has 0 atom stereocenters. The van der Waals surface area contributed by atoms with Gasteiger partial charge in [0.1, 0.15) is 0 Å². The van der Waals surface area contributed by atoms with Crippen molar-refractivity contribution in [3.8, 4) is 0 Å². The first-order valence-electron chi connectivity index (χ1n) is 7.51. The molecule has 0 fully saturated rings. The summed E-state index contributed by atoms with van der Waals surface area (Å²) in [6.45, 7) is 3.89. The van der Waals surface area contributed by atoms with Gasteiger partial charge in [0.15, 0.2) is 0 Å². The molecule has 1 amide bonds. The van der Waals surface area contributed by atoms with Crippen LogP contribution in [-0.4, -0.2) is 17.9 Å². The quantitative estimate of drug-likeness (QED) is 0.740. The first kappa shape index (κ1) is 15.6. The standard InChI is InChI=1S/C19H19ClN2O/c1-19(2,18(23)22(3)14-7-5-4-6-8-14)16-12-21-17-10-9-13(20)11-15(16)17/h4-12,21H,1-3H3. The largest absolute Gasteiger partial charge is 0.361 e. The van der Waals surface area contributed by atoms with Crippen molar-refractivity contribution in [3.63, 3.8) is 0 Å². The normalized spacial score (nSPS) is 11.7. The van der Waals surface area contributed by atoms with Gasteiger partial charge in [0.05, 0.1) is 5.41 Å².